The van der Waals surface area contributed by atoms with Gasteiger partial charge in [-0.2, -0.15) is 50.5 Å². The largest absolute Gasteiger partial charge is 0.412 e. The molecule has 0 saturated heterocycles. The Balaban J connectivity index is -0.0000000250. The Labute approximate surface area is 240 Å². The lowest BCUT2D eigenvalue weighted by molar-refractivity contribution is 0.323. The quantitative estimate of drug-likeness (QED) is 0.136. The van der Waals surface area contributed by atoms with Crippen LogP contribution in [0.25, 0.3) is 0 Å². The minimum Gasteiger partial charge on any atom is -0.412 e. The lowest BCUT2D eigenvalue weighted by atomic mass is 11.8. The molecule has 36 heteroatoms. The van der Waals surface area contributed by atoms with Crippen LogP contribution in [0.5, 0.6) is 0 Å². The van der Waals surface area contributed by atoms with Crippen LogP contribution in [0.4, 0.5) is 0 Å². The maximum absolute atomic E-state index is 9.33. The molecule has 0 amide bonds. The van der Waals surface area contributed by atoms with Crippen molar-refractivity contribution in [3.8, 4) is 0 Å². The second-order valence-electron chi connectivity index (χ2n) is 3.57. The summed E-state index contributed by atoms with van der Waals surface area (Å²) in [4.78, 5) is 0. The SMILES string of the molecule is COS(=O)(=O)O.COS(=O)(=O)O.COS(=O)(=O)O.COS(=O)(=O)O.COS(=O)(=O)O.COS(=O)(=O)O.O.O.O.O.O.O. The molecular formula is C6H36O30S6. The second kappa shape index (κ2) is 36.2. The molecular weight excluding hydrogens is 744 g/mol. The topological polar surface area (TPSA) is 571 Å². The summed E-state index contributed by atoms with van der Waals surface area (Å²) >= 11 is 0. The molecule has 0 spiro atoms. The van der Waals surface area contributed by atoms with Crippen LogP contribution in [-0.4, -0.2) is 153 Å². The number of rotatable bonds is 6. The van der Waals surface area contributed by atoms with E-state index in [9.17, 15) is 50.5 Å². The van der Waals surface area contributed by atoms with Gasteiger partial charge in [-0.25, -0.2) is 0 Å². The van der Waals surface area contributed by atoms with Gasteiger partial charge in [-0.15, -0.1) is 0 Å². The maximum Gasteiger partial charge on any atom is 0.397 e. The van der Waals surface area contributed by atoms with E-state index >= 15 is 0 Å². The molecule has 0 unspecified atom stereocenters. The van der Waals surface area contributed by atoms with Gasteiger partial charge in [0.1, 0.15) is 0 Å². The van der Waals surface area contributed by atoms with Crippen LogP contribution in [0.2, 0.25) is 0 Å². The Morgan fingerprint density at radius 3 is 0.286 bits per heavy atom. The first-order valence-corrected chi connectivity index (χ1v) is 14.7. The maximum atomic E-state index is 9.33. The molecule has 276 valence electrons. The van der Waals surface area contributed by atoms with Crippen molar-refractivity contribution in [2.24, 2.45) is 0 Å². The van der Waals surface area contributed by atoms with Gasteiger partial charge in [0.15, 0.2) is 0 Å². The van der Waals surface area contributed by atoms with E-state index in [2.05, 4.69) is 25.1 Å². The molecule has 0 heterocycles. The van der Waals surface area contributed by atoms with Crippen molar-refractivity contribution in [3.05, 3.63) is 0 Å². The zero-order valence-electron chi connectivity index (χ0n) is 21.5. The Kier molecular flexibility index (Phi) is 67.2. The van der Waals surface area contributed by atoms with Gasteiger partial charge in [0.05, 0.1) is 42.7 Å². The van der Waals surface area contributed by atoms with Crippen LogP contribution in [0.1, 0.15) is 0 Å². The molecule has 0 aliphatic rings. The standard InChI is InChI=1S/6CH4O4S.6H2O/c6*1-5-6(2,3)4;;;;;;/h6*1H3,(H,2,3,4);6*1H2. The molecule has 0 aromatic carbocycles. The summed E-state index contributed by atoms with van der Waals surface area (Å²) < 4.78 is 178. The van der Waals surface area contributed by atoms with Crippen molar-refractivity contribution in [1.29, 1.82) is 0 Å². The monoisotopic (exact) mass is 780 g/mol. The predicted molar refractivity (Wildman–Crippen MR) is 133 cm³/mol. The fourth-order valence-electron chi connectivity index (χ4n) is 0. The molecule has 0 aromatic heterocycles. The highest BCUT2D eigenvalue weighted by molar-refractivity contribution is 7.82. The lowest BCUT2D eigenvalue weighted by Crippen LogP contribution is -1.96. The molecule has 0 bridgehead atoms. The molecule has 0 atom stereocenters. The predicted octanol–water partition coefficient (Wildman–Crippen LogP) is -8.33. The molecule has 0 aliphatic heterocycles. The van der Waals surface area contributed by atoms with Gasteiger partial charge in [0.2, 0.25) is 0 Å². The fourth-order valence-corrected chi connectivity index (χ4v) is 0. The molecule has 0 aromatic rings. The van der Waals surface area contributed by atoms with Gasteiger partial charge in [-0.3, -0.25) is 52.4 Å². The minimum atomic E-state index is -4.16. The highest BCUT2D eigenvalue weighted by Gasteiger charge is 1.96. The Morgan fingerprint density at radius 1 is 0.262 bits per heavy atom. The van der Waals surface area contributed by atoms with Crippen molar-refractivity contribution in [1.82, 2.24) is 0 Å². The molecule has 0 radical (unpaired) electrons. The van der Waals surface area contributed by atoms with E-state index in [1.807, 2.05) is 0 Å². The third-order valence-corrected chi connectivity index (χ3v) is 3.79. The van der Waals surface area contributed by atoms with Crippen LogP contribution >= 0.6 is 0 Å². The van der Waals surface area contributed by atoms with Crippen LogP contribution < -0.4 is 0 Å². The van der Waals surface area contributed by atoms with Crippen molar-refractivity contribution >= 4 is 62.4 Å². The normalized spacial score (nSPS) is 10.0. The first-order valence-electron chi connectivity index (χ1n) is 6.54. The Bertz CT molecular complexity index is 908. The summed E-state index contributed by atoms with van der Waals surface area (Å²) in [6.07, 6.45) is 0. The summed E-state index contributed by atoms with van der Waals surface area (Å²) in [5.41, 5.74) is 0. The fraction of sp³-hybridized carbons (Fsp3) is 1.00. The zero-order valence-corrected chi connectivity index (χ0v) is 26.4. The van der Waals surface area contributed by atoms with E-state index in [1.165, 1.54) is 0 Å². The highest BCUT2D eigenvalue weighted by atomic mass is 32.3. The molecule has 0 aliphatic carbocycles. The lowest BCUT2D eigenvalue weighted by Gasteiger charge is -1.82. The van der Waals surface area contributed by atoms with Crippen molar-refractivity contribution < 1.29 is 136 Å². The van der Waals surface area contributed by atoms with E-state index in [0.717, 1.165) is 42.7 Å². The molecule has 30 nitrogen and oxygen atoms in total. The summed E-state index contributed by atoms with van der Waals surface area (Å²) in [5.74, 6) is 0. The van der Waals surface area contributed by atoms with Crippen LogP contribution in [0.15, 0.2) is 0 Å². The molecule has 42 heavy (non-hydrogen) atoms. The van der Waals surface area contributed by atoms with Crippen LogP contribution in [0.3, 0.4) is 0 Å². The first-order chi connectivity index (χ1) is 15.4. The van der Waals surface area contributed by atoms with Gasteiger partial charge in [0, 0.05) is 0 Å². The third kappa shape index (κ3) is 195. The number of hydrogen-bond donors (Lipinski definition) is 6. The average molecular weight is 781 g/mol. The van der Waals surface area contributed by atoms with Crippen molar-refractivity contribution in [3.63, 3.8) is 0 Å². The van der Waals surface area contributed by atoms with Crippen LogP contribution in [-0.2, 0) is 87.5 Å². The van der Waals surface area contributed by atoms with Gasteiger partial charge in [-0.1, -0.05) is 0 Å². The Morgan fingerprint density at radius 2 is 0.286 bits per heavy atom. The van der Waals surface area contributed by atoms with Gasteiger partial charge in [0.25, 0.3) is 0 Å². The molecule has 0 fully saturated rings. The van der Waals surface area contributed by atoms with Gasteiger partial charge in [-0.05, 0) is 0 Å². The molecule has 0 saturated carbocycles. The van der Waals surface area contributed by atoms with Crippen molar-refractivity contribution in [2.75, 3.05) is 42.7 Å². The zero-order chi connectivity index (χ0) is 31.2. The summed E-state index contributed by atoms with van der Waals surface area (Å²) in [7, 11) is -19.7. The average Bonchev–Trinajstić information content (AvgIpc) is 2.67. The summed E-state index contributed by atoms with van der Waals surface area (Å²) in [5, 5.41) is 0. The van der Waals surface area contributed by atoms with Crippen molar-refractivity contribution in [2.45, 2.75) is 0 Å². The second-order valence-corrected chi connectivity index (χ2v) is 10.7. The molecule has 0 rings (SSSR count). The molecule has 18 N–H and O–H groups in total. The van der Waals surface area contributed by atoms with E-state index in [4.69, 9.17) is 27.3 Å². The van der Waals surface area contributed by atoms with E-state index in [-0.39, 0.29) is 32.9 Å². The van der Waals surface area contributed by atoms with E-state index < -0.39 is 62.4 Å². The summed E-state index contributed by atoms with van der Waals surface area (Å²) in [6, 6.07) is 0. The minimum absolute atomic E-state index is 0. The van der Waals surface area contributed by atoms with Gasteiger partial charge >= 0.3 is 62.4 Å². The summed E-state index contributed by atoms with van der Waals surface area (Å²) in [6.45, 7) is 0. The van der Waals surface area contributed by atoms with Crippen LogP contribution in [0, 0.1) is 0 Å². The van der Waals surface area contributed by atoms with E-state index in [1.54, 1.807) is 0 Å². The first kappa shape index (κ1) is 78.0. The highest BCUT2D eigenvalue weighted by Crippen LogP contribution is 1.77. The smallest absolute Gasteiger partial charge is 0.397 e. The number of hydrogen-bond acceptors (Lipinski definition) is 18. The Hall–Kier alpha value is -1.02. The van der Waals surface area contributed by atoms with E-state index in [0.29, 0.717) is 0 Å². The third-order valence-electron chi connectivity index (χ3n) is 1.26. The van der Waals surface area contributed by atoms with Gasteiger partial charge < -0.3 is 32.9 Å².